The van der Waals surface area contributed by atoms with Gasteiger partial charge in [-0.3, -0.25) is 29.2 Å². The van der Waals surface area contributed by atoms with E-state index in [4.69, 9.17) is 20.2 Å². The molecule has 3 aliphatic rings. The zero-order valence-electron chi connectivity index (χ0n) is 40.7. The molecule has 68 heavy (non-hydrogen) atoms. The Morgan fingerprint density at radius 2 is 1.82 bits per heavy atom. The summed E-state index contributed by atoms with van der Waals surface area (Å²) in [5.41, 5.74) is 15.0. The number of pyridine rings is 1. The number of rotatable bonds is 12. The molecular weight excluding hydrogens is 889 g/mol. The predicted octanol–water partition coefficient (Wildman–Crippen LogP) is 4.54. The van der Waals surface area contributed by atoms with Crippen molar-refractivity contribution in [1.82, 2.24) is 34.5 Å². The molecule has 2 fully saturated rings. The Labute approximate surface area is 399 Å². The number of nitrogens with one attached hydrogen (secondary N) is 2. The summed E-state index contributed by atoms with van der Waals surface area (Å²) in [6, 6.07) is 12.2. The van der Waals surface area contributed by atoms with E-state index in [0.717, 1.165) is 39.0 Å². The van der Waals surface area contributed by atoms with Crippen molar-refractivity contribution in [3.05, 3.63) is 71.5 Å². The number of methoxy groups -OCH3 is 1. The number of carbonyl (C=O) groups excluding carboxylic acids is 4. The third-order valence-corrected chi connectivity index (χ3v) is 16.0. The SMILES string of the molecule is CCn1c(-c2cccnc2[C@H](C)OC)c2c3cc(ccc31)-c1cc(O)cc(c1)C[C@H](NC(=O)[C@H](C(C)C)N(C)C(=O)C1CN(S(=O)(=O)[C@@H](C)CN)C1)C(=O)N1CCC[C@H](N1)C(=O)OCC(C)(C)C2. The van der Waals surface area contributed by atoms with Crippen LogP contribution < -0.4 is 16.5 Å². The van der Waals surface area contributed by atoms with Gasteiger partial charge in [0, 0.05) is 81.4 Å². The monoisotopic (exact) mass is 956 g/mol. The number of likely N-dealkylation sites (N-methyl/N-ethyl adjacent to an activating group) is 1. The van der Waals surface area contributed by atoms with Crippen molar-refractivity contribution in [1.29, 1.82) is 0 Å². The summed E-state index contributed by atoms with van der Waals surface area (Å²) in [5.74, 6) is -3.09. The zero-order valence-corrected chi connectivity index (χ0v) is 41.6. The summed E-state index contributed by atoms with van der Waals surface area (Å²) in [6.07, 6.45) is 2.85. The number of ether oxygens (including phenoxy) is 2. The van der Waals surface area contributed by atoms with Crippen molar-refractivity contribution in [2.45, 2.75) is 110 Å². The average molecular weight is 957 g/mol. The van der Waals surface area contributed by atoms with Crippen LogP contribution in [0.15, 0.2) is 54.7 Å². The van der Waals surface area contributed by atoms with E-state index in [1.807, 2.05) is 25.1 Å². The molecule has 18 heteroatoms. The van der Waals surface area contributed by atoms with Gasteiger partial charge in [0.2, 0.25) is 21.8 Å². The topological polar surface area (TPSA) is 219 Å². The fraction of sp³-hybridized carbons (Fsp3) is 0.540. The number of esters is 1. The van der Waals surface area contributed by atoms with Crippen LogP contribution >= 0.6 is 0 Å². The maximum atomic E-state index is 14.7. The summed E-state index contributed by atoms with van der Waals surface area (Å²) in [5, 5.41) is 15.8. The van der Waals surface area contributed by atoms with Gasteiger partial charge < -0.3 is 35.1 Å². The number of hydrogen-bond acceptors (Lipinski definition) is 12. The second-order valence-corrected chi connectivity index (χ2v) is 22.1. The molecule has 3 aliphatic heterocycles. The Bertz CT molecular complexity index is 2660. The lowest BCUT2D eigenvalue weighted by atomic mass is 9.84. The number of cyclic esters (lactones) is 1. The largest absolute Gasteiger partial charge is 0.508 e. The van der Waals surface area contributed by atoms with Gasteiger partial charge >= 0.3 is 5.97 Å². The van der Waals surface area contributed by atoms with E-state index in [-0.39, 0.29) is 51.1 Å². The normalized spacial score (nSPS) is 20.8. The van der Waals surface area contributed by atoms with Crippen molar-refractivity contribution in [2.24, 2.45) is 23.0 Å². The van der Waals surface area contributed by atoms with Crippen LogP contribution in [0, 0.1) is 17.3 Å². The predicted molar refractivity (Wildman–Crippen MR) is 259 cm³/mol. The van der Waals surface area contributed by atoms with E-state index >= 15 is 0 Å². The van der Waals surface area contributed by atoms with Crippen LogP contribution in [0.5, 0.6) is 5.75 Å². The minimum Gasteiger partial charge on any atom is -0.508 e. The van der Waals surface area contributed by atoms with Gasteiger partial charge in [-0.2, -0.15) is 4.31 Å². The first-order valence-electron chi connectivity index (χ1n) is 23.7. The van der Waals surface area contributed by atoms with Gasteiger partial charge in [-0.1, -0.05) is 39.8 Å². The van der Waals surface area contributed by atoms with Crippen molar-refractivity contribution in [3.63, 3.8) is 0 Å². The van der Waals surface area contributed by atoms with Crippen LogP contribution in [0.4, 0.5) is 0 Å². The molecule has 0 saturated carbocycles. The van der Waals surface area contributed by atoms with Crippen LogP contribution in [-0.2, 0) is 58.1 Å². The first-order valence-corrected chi connectivity index (χ1v) is 25.2. The molecule has 3 amide bonds. The summed E-state index contributed by atoms with van der Waals surface area (Å²) in [4.78, 5) is 63.1. The van der Waals surface area contributed by atoms with Gasteiger partial charge in [-0.05, 0) is 105 Å². The molecule has 5 heterocycles. The van der Waals surface area contributed by atoms with Gasteiger partial charge in [-0.25, -0.2) is 13.8 Å². The minimum absolute atomic E-state index is 0.0239. The zero-order chi connectivity index (χ0) is 49.4. The summed E-state index contributed by atoms with van der Waals surface area (Å²) >= 11 is 0. The molecule has 0 radical (unpaired) electrons. The van der Waals surface area contributed by atoms with Crippen LogP contribution in [0.2, 0.25) is 0 Å². The van der Waals surface area contributed by atoms with Crippen LogP contribution in [0.3, 0.4) is 0 Å². The van der Waals surface area contributed by atoms with E-state index in [1.165, 1.54) is 28.2 Å². The smallest absolute Gasteiger partial charge is 0.324 e. The Hall–Kier alpha value is -5.40. The summed E-state index contributed by atoms with van der Waals surface area (Å²) < 4.78 is 41.2. The third kappa shape index (κ3) is 10.2. The van der Waals surface area contributed by atoms with Crippen LogP contribution in [0.1, 0.15) is 84.2 Å². The average Bonchev–Trinajstić information content (AvgIpc) is 3.59. The second kappa shape index (κ2) is 20.3. The molecule has 5 N–H and O–H groups in total. The van der Waals surface area contributed by atoms with Gasteiger partial charge in [0.1, 0.15) is 23.9 Å². The van der Waals surface area contributed by atoms with Crippen LogP contribution in [0.25, 0.3) is 33.3 Å². The number of hydrazine groups is 1. The molecule has 4 aromatic rings. The standard InChI is InChI=1S/C50H68N8O9S/c1-10-57-42-16-15-33-23-38(42)39(45(57)37-13-11-17-52-43(37)31(5)66-9)24-50(6,7)28-67-49(63)40-14-12-18-58(54-40)48(62)41(21-32-19-34(33)22-36(59)20-32)53-46(60)44(29(2)3)55(8)47(61)35-26-56(27-35)68(64,65)30(4)25-51/h11,13,15-17,19-20,22-23,29-31,35,40-41,44,54,59H,10,12,14,18,21,24-28,51H2,1-9H3,(H,53,60)/t30-,31-,40-,41-,44-/m0/s1. The van der Waals surface area contributed by atoms with E-state index in [9.17, 15) is 32.7 Å². The number of nitrogens with two attached hydrogens (primary N) is 1. The maximum absolute atomic E-state index is 14.7. The number of benzene rings is 2. The number of phenolic OH excluding ortho intramolecular Hbond substituents is 1. The molecule has 6 bridgehead atoms. The molecule has 17 nitrogen and oxygen atoms in total. The molecule has 2 aromatic carbocycles. The molecule has 2 aromatic heterocycles. The van der Waals surface area contributed by atoms with Crippen LogP contribution in [-0.4, -0.2) is 131 Å². The van der Waals surface area contributed by atoms with E-state index in [1.54, 1.807) is 39.3 Å². The minimum atomic E-state index is -3.68. The highest BCUT2D eigenvalue weighted by molar-refractivity contribution is 7.89. The molecule has 0 aliphatic carbocycles. The Morgan fingerprint density at radius 3 is 2.50 bits per heavy atom. The van der Waals surface area contributed by atoms with Crippen molar-refractivity contribution in [3.8, 4) is 28.1 Å². The van der Waals surface area contributed by atoms with Gasteiger partial charge in [0.15, 0.2) is 0 Å². The van der Waals surface area contributed by atoms with Crippen molar-refractivity contribution < 1.29 is 42.2 Å². The molecule has 2 saturated heterocycles. The Morgan fingerprint density at radius 1 is 1.09 bits per heavy atom. The number of amides is 3. The van der Waals surface area contributed by atoms with E-state index in [2.05, 4.69) is 54.3 Å². The number of aromatic hydroxyl groups is 1. The quantitative estimate of drug-likeness (QED) is 0.144. The summed E-state index contributed by atoms with van der Waals surface area (Å²) in [6.45, 7) is 14.2. The van der Waals surface area contributed by atoms with Gasteiger partial charge in [-0.15, -0.1) is 0 Å². The van der Waals surface area contributed by atoms with Gasteiger partial charge in [0.05, 0.1) is 35.3 Å². The van der Waals surface area contributed by atoms with Gasteiger partial charge in [0.25, 0.3) is 5.91 Å². The first-order chi connectivity index (χ1) is 32.2. The van der Waals surface area contributed by atoms with Crippen molar-refractivity contribution >= 4 is 44.6 Å². The lowest BCUT2D eigenvalue weighted by Gasteiger charge is -2.42. The highest BCUT2D eigenvalue weighted by atomic mass is 32.2. The fourth-order valence-electron chi connectivity index (χ4n) is 9.85. The summed E-state index contributed by atoms with van der Waals surface area (Å²) in [7, 11) is -0.500. The molecule has 0 unspecified atom stereocenters. The highest BCUT2D eigenvalue weighted by Crippen LogP contribution is 2.42. The lowest BCUT2D eigenvalue weighted by molar-refractivity contribution is -0.155. The third-order valence-electron chi connectivity index (χ3n) is 13.7. The van der Waals surface area contributed by atoms with E-state index in [0.29, 0.717) is 36.9 Å². The fourth-order valence-corrected chi connectivity index (χ4v) is 11.4. The first kappa shape index (κ1) is 50.5. The molecular formula is C50H68N8O9S. The number of aryl methyl sites for hydroxylation is 1. The molecule has 368 valence electrons. The number of aromatic nitrogens is 2. The Kier molecular flexibility index (Phi) is 15.1. The lowest BCUT2D eigenvalue weighted by Crippen LogP contribution is -2.63. The number of hydrogen-bond donors (Lipinski definition) is 4. The molecule has 7 rings (SSSR count). The number of nitrogens with zero attached hydrogens (tertiary/aromatic N) is 5. The maximum Gasteiger partial charge on any atom is 0.324 e. The molecule has 0 spiro atoms. The number of fused-ring (bicyclic) bond motifs is 6. The second-order valence-electron chi connectivity index (χ2n) is 19.8. The Balaban J connectivity index is 1.28. The number of phenols is 1. The number of carbonyl (C=O) groups is 4. The number of sulfonamides is 1. The molecule has 5 atom stereocenters. The van der Waals surface area contributed by atoms with Crippen molar-refractivity contribution in [2.75, 3.05) is 46.9 Å². The highest BCUT2D eigenvalue weighted by Gasteiger charge is 2.45. The van der Waals surface area contributed by atoms with E-state index < -0.39 is 74.3 Å².